The van der Waals surface area contributed by atoms with Gasteiger partial charge in [0.15, 0.2) is 0 Å². The first-order chi connectivity index (χ1) is 14.4. The van der Waals surface area contributed by atoms with E-state index < -0.39 is 11.7 Å². The number of aromatic nitrogens is 1. The predicted octanol–water partition coefficient (Wildman–Crippen LogP) is 1.89. The van der Waals surface area contributed by atoms with Gasteiger partial charge >= 0.3 is 0 Å². The van der Waals surface area contributed by atoms with Crippen molar-refractivity contribution in [2.45, 2.75) is 31.7 Å². The number of pyridine rings is 1. The highest BCUT2D eigenvalue weighted by molar-refractivity contribution is 5.94. The van der Waals surface area contributed by atoms with Crippen LogP contribution >= 0.6 is 0 Å². The van der Waals surface area contributed by atoms with Crippen molar-refractivity contribution in [1.82, 2.24) is 9.47 Å². The third-order valence-corrected chi connectivity index (χ3v) is 6.19. The van der Waals surface area contributed by atoms with Gasteiger partial charge in [-0.05, 0) is 57.0 Å². The molecule has 1 unspecified atom stereocenters. The lowest BCUT2D eigenvalue weighted by Gasteiger charge is -2.27. The lowest BCUT2D eigenvalue weighted by atomic mass is 10.0. The van der Waals surface area contributed by atoms with Gasteiger partial charge in [-0.15, -0.1) is 0 Å². The summed E-state index contributed by atoms with van der Waals surface area (Å²) < 4.78 is 16.0. The van der Waals surface area contributed by atoms with Gasteiger partial charge in [-0.1, -0.05) is 6.07 Å². The molecule has 2 amide bonds. The van der Waals surface area contributed by atoms with Crippen molar-refractivity contribution in [1.29, 1.82) is 0 Å². The molecular formula is C22H25FN4O3. The number of likely N-dealkylation sites (tertiary alicyclic amines) is 1. The lowest BCUT2D eigenvalue weighted by molar-refractivity contribution is -0.123. The van der Waals surface area contributed by atoms with E-state index in [4.69, 9.17) is 5.73 Å². The van der Waals surface area contributed by atoms with Crippen LogP contribution in [0.15, 0.2) is 47.4 Å². The largest absolute Gasteiger partial charge is 0.369 e. The van der Waals surface area contributed by atoms with E-state index in [1.54, 1.807) is 24.4 Å². The van der Waals surface area contributed by atoms with Crippen LogP contribution in [0.3, 0.4) is 0 Å². The molecule has 2 aliphatic rings. The molecule has 1 saturated carbocycles. The van der Waals surface area contributed by atoms with Gasteiger partial charge in [0.1, 0.15) is 5.82 Å². The van der Waals surface area contributed by atoms with E-state index in [1.165, 1.54) is 22.8 Å². The molecule has 8 heteroatoms. The summed E-state index contributed by atoms with van der Waals surface area (Å²) in [4.78, 5) is 38.9. The number of carbonyl (C=O) groups is 2. The number of hydrogen-bond donors (Lipinski definition) is 2. The first kappa shape index (κ1) is 20.3. The van der Waals surface area contributed by atoms with Crippen molar-refractivity contribution < 1.29 is 14.0 Å². The molecular weight excluding hydrogens is 387 g/mol. The molecule has 3 N–H and O–H groups in total. The van der Waals surface area contributed by atoms with Crippen LogP contribution in [-0.2, 0) is 9.59 Å². The predicted molar refractivity (Wildman–Crippen MR) is 111 cm³/mol. The molecule has 3 atom stereocenters. The summed E-state index contributed by atoms with van der Waals surface area (Å²) in [7, 11) is 0. The van der Waals surface area contributed by atoms with Crippen LogP contribution in [0.1, 0.15) is 25.7 Å². The summed E-state index contributed by atoms with van der Waals surface area (Å²) in [5, 5.41) is 2.64. The number of nitrogens with one attached hydrogen (secondary N) is 1. The Balaban J connectivity index is 1.48. The maximum absolute atomic E-state index is 14.6. The van der Waals surface area contributed by atoms with Gasteiger partial charge in [0.2, 0.25) is 11.8 Å². The van der Waals surface area contributed by atoms with E-state index in [9.17, 15) is 18.8 Å². The van der Waals surface area contributed by atoms with Gasteiger partial charge in [-0.3, -0.25) is 23.9 Å². The number of rotatable bonds is 5. The van der Waals surface area contributed by atoms with Crippen LogP contribution in [0.2, 0.25) is 0 Å². The topological polar surface area (TPSA) is 97.4 Å². The van der Waals surface area contributed by atoms with E-state index in [0.29, 0.717) is 18.5 Å². The van der Waals surface area contributed by atoms with E-state index in [-0.39, 0.29) is 35.0 Å². The summed E-state index contributed by atoms with van der Waals surface area (Å²) in [5.74, 6) is -2.09. The normalized spacial score (nSPS) is 24.1. The van der Waals surface area contributed by atoms with E-state index >= 15 is 0 Å². The van der Waals surface area contributed by atoms with E-state index in [2.05, 4.69) is 10.2 Å². The number of benzene rings is 1. The number of carbonyl (C=O) groups excluding carboxylic acids is 2. The van der Waals surface area contributed by atoms with Gasteiger partial charge < -0.3 is 11.1 Å². The summed E-state index contributed by atoms with van der Waals surface area (Å²) >= 11 is 0. The maximum atomic E-state index is 14.6. The molecule has 30 heavy (non-hydrogen) atoms. The van der Waals surface area contributed by atoms with Crippen molar-refractivity contribution in [3.8, 4) is 5.69 Å². The molecule has 1 saturated heterocycles. The zero-order valence-electron chi connectivity index (χ0n) is 16.6. The number of primary amides is 1. The van der Waals surface area contributed by atoms with Gasteiger partial charge in [0.25, 0.3) is 5.56 Å². The molecule has 1 aliphatic heterocycles. The van der Waals surface area contributed by atoms with E-state index in [0.717, 1.165) is 25.9 Å². The van der Waals surface area contributed by atoms with Crippen molar-refractivity contribution in [3.63, 3.8) is 0 Å². The zero-order valence-corrected chi connectivity index (χ0v) is 16.6. The highest BCUT2D eigenvalue weighted by atomic mass is 19.1. The number of halogens is 1. The van der Waals surface area contributed by atoms with Crippen molar-refractivity contribution in [2.24, 2.45) is 17.6 Å². The average Bonchev–Trinajstić information content (AvgIpc) is 3.39. The van der Waals surface area contributed by atoms with Gasteiger partial charge in [0, 0.05) is 30.3 Å². The Kier molecular flexibility index (Phi) is 5.67. The fourth-order valence-electron chi connectivity index (χ4n) is 4.64. The molecule has 0 radical (unpaired) electrons. The molecule has 0 bridgehead atoms. The fraction of sp³-hybridized carbons (Fsp3) is 0.409. The van der Waals surface area contributed by atoms with Crippen LogP contribution in [0.25, 0.3) is 5.69 Å². The SMILES string of the molecule is NC(=O)[C@H]1C[C@@H](C(=O)Nc2ccc(-n3ccccc3=O)cc2F)CC1N1CCCC1. The van der Waals surface area contributed by atoms with Crippen molar-refractivity contribution >= 4 is 17.5 Å². The Morgan fingerprint density at radius 1 is 1.10 bits per heavy atom. The average molecular weight is 412 g/mol. The molecule has 1 aromatic heterocycles. The Morgan fingerprint density at radius 2 is 1.87 bits per heavy atom. The molecule has 4 rings (SSSR count). The van der Waals surface area contributed by atoms with Crippen LogP contribution in [0.5, 0.6) is 0 Å². The highest BCUT2D eigenvalue weighted by Gasteiger charge is 2.44. The quantitative estimate of drug-likeness (QED) is 0.784. The Morgan fingerprint density at radius 3 is 2.53 bits per heavy atom. The highest BCUT2D eigenvalue weighted by Crippen LogP contribution is 2.37. The van der Waals surface area contributed by atoms with Gasteiger partial charge in [-0.25, -0.2) is 4.39 Å². The molecule has 2 aromatic rings. The van der Waals surface area contributed by atoms with Gasteiger partial charge in [0.05, 0.1) is 17.3 Å². The number of anilines is 1. The second kappa shape index (κ2) is 8.39. The summed E-state index contributed by atoms with van der Waals surface area (Å²) in [6, 6.07) is 8.89. The maximum Gasteiger partial charge on any atom is 0.255 e. The molecule has 2 heterocycles. The Hall–Kier alpha value is -3.00. The molecule has 1 aromatic carbocycles. The number of nitrogens with zero attached hydrogens (tertiary/aromatic N) is 2. The lowest BCUT2D eigenvalue weighted by Crippen LogP contribution is -2.41. The monoisotopic (exact) mass is 412 g/mol. The van der Waals surface area contributed by atoms with Crippen LogP contribution in [-0.4, -0.2) is 40.4 Å². The minimum absolute atomic E-state index is 0.0297. The first-order valence-corrected chi connectivity index (χ1v) is 10.3. The zero-order chi connectivity index (χ0) is 21.3. The summed E-state index contributed by atoms with van der Waals surface area (Å²) in [5.41, 5.74) is 5.74. The molecule has 0 spiro atoms. The minimum atomic E-state index is -0.628. The first-order valence-electron chi connectivity index (χ1n) is 10.3. The van der Waals surface area contributed by atoms with Gasteiger partial charge in [-0.2, -0.15) is 0 Å². The van der Waals surface area contributed by atoms with E-state index in [1.807, 2.05) is 0 Å². The molecule has 1 aliphatic carbocycles. The number of nitrogens with two attached hydrogens (primary N) is 1. The second-order valence-electron chi connectivity index (χ2n) is 8.05. The van der Waals surface area contributed by atoms with Crippen LogP contribution < -0.4 is 16.6 Å². The molecule has 2 fully saturated rings. The Bertz CT molecular complexity index is 1020. The Labute approximate surface area is 173 Å². The fourth-order valence-corrected chi connectivity index (χ4v) is 4.64. The number of hydrogen-bond acceptors (Lipinski definition) is 4. The van der Waals surface area contributed by atoms with Crippen molar-refractivity contribution in [2.75, 3.05) is 18.4 Å². The van der Waals surface area contributed by atoms with Crippen LogP contribution in [0, 0.1) is 17.7 Å². The molecule has 7 nitrogen and oxygen atoms in total. The smallest absolute Gasteiger partial charge is 0.255 e. The van der Waals surface area contributed by atoms with Crippen LogP contribution in [0.4, 0.5) is 10.1 Å². The summed E-state index contributed by atoms with van der Waals surface area (Å²) in [6.45, 7) is 1.83. The third-order valence-electron chi connectivity index (χ3n) is 6.19. The standard InChI is InChI=1S/C22H25FN4O3/c23-17-13-15(27-10-2-1-5-20(27)28)6-7-18(17)25-22(30)14-11-16(21(24)29)19(12-14)26-8-3-4-9-26/h1-2,5-7,10,13-14,16,19H,3-4,8-9,11-12H2,(H2,24,29)(H,25,30)/t14-,16+,19?/m1/s1. The van der Waals surface area contributed by atoms with Crippen molar-refractivity contribution in [3.05, 3.63) is 58.8 Å². The minimum Gasteiger partial charge on any atom is -0.369 e. The number of amides is 2. The third kappa shape index (κ3) is 4.00. The summed E-state index contributed by atoms with van der Waals surface area (Å²) in [6.07, 6.45) is 4.64. The molecule has 158 valence electrons. The second-order valence-corrected chi connectivity index (χ2v) is 8.05.